The summed E-state index contributed by atoms with van der Waals surface area (Å²) in [6.07, 6.45) is 4.21. The number of rotatable bonds is 9. The molecule has 1 aromatic carbocycles. The van der Waals surface area contributed by atoms with Gasteiger partial charge >= 0.3 is 0 Å². The van der Waals surface area contributed by atoms with Gasteiger partial charge in [0.05, 0.1) is 23.6 Å². The van der Waals surface area contributed by atoms with E-state index in [0.717, 1.165) is 20.1 Å². The third kappa shape index (κ3) is 6.28. The first kappa shape index (κ1) is 22.7. The highest BCUT2D eigenvalue weighted by Crippen LogP contribution is 2.34. The fourth-order valence-electron chi connectivity index (χ4n) is 2.87. The summed E-state index contributed by atoms with van der Waals surface area (Å²) in [6.45, 7) is 0.0580. The number of hydrogen-bond acceptors (Lipinski definition) is 9. The maximum atomic E-state index is 12.6. The summed E-state index contributed by atoms with van der Waals surface area (Å²) in [6, 6.07) is 16.3. The van der Waals surface area contributed by atoms with E-state index in [2.05, 4.69) is 25.6 Å². The lowest BCUT2D eigenvalue weighted by Gasteiger charge is -2.13. The standard InChI is InChI=1S/C23H21N5O3S2/c1-31-16-6-4-5-15(11-16)19(29)13-26-22(30)18-12-17(8-10-24-18)32-21-14-27-23(33-21)28-20-7-2-3-9-25-20/h2-12,14,19,29H,13H2,1H3,(H,26,30)(H,25,27,28). The van der Waals surface area contributed by atoms with Gasteiger partial charge in [-0.25, -0.2) is 9.97 Å². The molecule has 1 atom stereocenters. The Balaban J connectivity index is 1.35. The third-order valence-corrected chi connectivity index (χ3v) is 6.51. The van der Waals surface area contributed by atoms with Gasteiger partial charge in [0.25, 0.3) is 5.91 Å². The van der Waals surface area contributed by atoms with Crippen molar-refractivity contribution in [3.05, 3.63) is 84.4 Å². The van der Waals surface area contributed by atoms with E-state index in [1.165, 1.54) is 23.1 Å². The minimum atomic E-state index is -0.858. The van der Waals surface area contributed by atoms with Crippen LogP contribution in [0.2, 0.25) is 0 Å². The Hall–Kier alpha value is -3.47. The molecule has 0 aliphatic rings. The molecule has 4 aromatic rings. The molecule has 33 heavy (non-hydrogen) atoms. The number of pyridine rings is 2. The van der Waals surface area contributed by atoms with Crippen molar-refractivity contribution in [1.82, 2.24) is 20.3 Å². The quantitative estimate of drug-likeness (QED) is 0.326. The van der Waals surface area contributed by atoms with E-state index in [0.29, 0.717) is 11.3 Å². The van der Waals surface area contributed by atoms with Crippen LogP contribution in [0, 0.1) is 0 Å². The van der Waals surface area contributed by atoms with E-state index in [-0.39, 0.29) is 18.1 Å². The smallest absolute Gasteiger partial charge is 0.270 e. The van der Waals surface area contributed by atoms with Gasteiger partial charge in [0.15, 0.2) is 5.13 Å². The van der Waals surface area contributed by atoms with Crippen molar-refractivity contribution in [2.24, 2.45) is 0 Å². The number of carbonyl (C=O) groups is 1. The highest BCUT2D eigenvalue weighted by atomic mass is 32.2. The van der Waals surface area contributed by atoms with Crippen molar-refractivity contribution in [2.45, 2.75) is 15.2 Å². The fraction of sp³-hybridized carbons (Fsp3) is 0.130. The van der Waals surface area contributed by atoms with Crippen molar-refractivity contribution in [2.75, 3.05) is 19.0 Å². The average Bonchev–Trinajstić information content (AvgIpc) is 3.29. The van der Waals surface area contributed by atoms with Gasteiger partial charge in [-0.3, -0.25) is 9.78 Å². The summed E-state index contributed by atoms with van der Waals surface area (Å²) in [5.41, 5.74) is 0.932. The number of aliphatic hydroxyl groups excluding tert-OH is 1. The number of carbonyl (C=O) groups excluding carboxylic acids is 1. The van der Waals surface area contributed by atoms with Crippen LogP contribution in [0.1, 0.15) is 22.2 Å². The monoisotopic (exact) mass is 479 g/mol. The van der Waals surface area contributed by atoms with Gasteiger partial charge in [-0.1, -0.05) is 41.3 Å². The van der Waals surface area contributed by atoms with Crippen LogP contribution in [0.5, 0.6) is 5.75 Å². The molecule has 0 bridgehead atoms. The minimum absolute atomic E-state index is 0.0580. The van der Waals surface area contributed by atoms with Crippen LogP contribution in [0.4, 0.5) is 10.9 Å². The number of methoxy groups -OCH3 is 1. The molecule has 3 heterocycles. The molecule has 0 aliphatic heterocycles. The molecule has 3 N–H and O–H groups in total. The summed E-state index contributed by atoms with van der Waals surface area (Å²) < 4.78 is 6.13. The largest absolute Gasteiger partial charge is 0.497 e. The predicted octanol–water partition coefficient (Wildman–Crippen LogP) is 4.30. The Morgan fingerprint density at radius 2 is 2.03 bits per heavy atom. The number of hydrogen-bond donors (Lipinski definition) is 3. The van der Waals surface area contributed by atoms with E-state index >= 15 is 0 Å². The normalized spacial score (nSPS) is 11.6. The molecule has 8 nitrogen and oxygen atoms in total. The van der Waals surface area contributed by atoms with Crippen LogP contribution in [0.25, 0.3) is 0 Å². The van der Waals surface area contributed by atoms with E-state index in [1.54, 1.807) is 56.0 Å². The van der Waals surface area contributed by atoms with Gasteiger partial charge in [-0.2, -0.15) is 0 Å². The molecule has 1 amide bonds. The number of amides is 1. The molecule has 0 aliphatic carbocycles. The molecule has 4 rings (SSSR count). The number of nitrogens with one attached hydrogen (secondary N) is 2. The highest BCUT2D eigenvalue weighted by Gasteiger charge is 2.14. The molecule has 0 radical (unpaired) electrons. The second kappa shape index (κ2) is 10.9. The van der Waals surface area contributed by atoms with E-state index in [9.17, 15) is 9.90 Å². The SMILES string of the molecule is COc1cccc(C(O)CNC(=O)c2cc(Sc3cnc(Nc4ccccn4)s3)ccn2)c1. The summed E-state index contributed by atoms with van der Waals surface area (Å²) in [4.78, 5) is 26.2. The molecule has 168 valence electrons. The second-order valence-electron chi connectivity index (χ2n) is 6.81. The van der Waals surface area contributed by atoms with Crippen molar-refractivity contribution in [1.29, 1.82) is 0 Å². The third-order valence-electron chi connectivity index (χ3n) is 4.50. The van der Waals surface area contributed by atoms with Crippen LogP contribution in [0.15, 0.2) is 82.3 Å². The Morgan fingerprint density at radius 3 is 2.85 bits per heavy atom. The Kier molecular flexibility index (Phi) is 7.51. The Morgan fingerprint density at radius 1 is 1.12 bits per heavy atom. The first-order chi connectivity index (χ1) is 16.1. The van der Waals surface area contributed by atoms with E-state index in [1.807, 2.05) is 24.3 Å². The first-order valence-electron chi connectivity index (χ1n) is 9.99. The topological polar surface area (TPSA) is 109 Å². The summed E-state index contributed by atoms with van der Waals surface area (Å²) >= 11 is 2.98. The van der Waals surface area contributed by atoms with E-state index in [4.69, 9.17) is 4.74 Å². The van der Waals surface area contributed by atoms with Crippen LogP contribution >= 0.6 is 23.1 Å². The van der Waals surface area contributed by atoms with Crippen molar-refractivity contribution < 1.29 is 14.6 Å². The highest BCUT2D eigenvalue weighted by molar-refractivity contribution is 8.01. The molecule has 0 fully saturated rings. The van der Waals surface area contributed by atoms with Gasteiger partial charge in [-0.15, -0.1) is 0 Å². The zero-order valence-electron chi connectivity index (χ0n) is 17.6. The number of ether oxygens (including phenoxy) is 1. The molecule has 1 unspecified atom stereocenters. The molecule has 0 spiro atoms. The van der Waals surface area contributed by atoms with Crippen LogP contribution < -0.4 is 15.4 Å². The maximum Gasteiger partial charge on any atom is 0.270 e. The van der Waals surface area contributed by atoms with Gasteiger partial charge in [0.1, 0.15) is 17.3 Å². The molecular weight excluding hydrogens is 458 g/mol. The summed E-state index contributed by atoms with van der Waals surface area (Å²) in [5.74, 6) is 1.01. The van der Waals surface area contributed by atoms with Crippen LogP contribution in [0.3, 0.4) is 0 Å². The van der Waals surface area contributed by atoms with Crippen molar-refractivity contribution >= 4 is 40.0 Å². The van der Waals surface area contributed by atoms with Gasteiger partial charge in [0.2, 0.25) is 0 Å². The summed E-state index contributed by atoms with van der Waals surface area (Å²) in [7, 11) is 1.56. The number of nitrogens with zero attached hydrogens (tertiary/aromatic N) is 3. The minimum Gasteiger partial charge on any atom is -0.497 e. The Bertz CT molecular complexity index is 1220. The maximum absolute atomic E-state index is 12.6. The van der Waals surface area contributed by atoms with Gasteiger partial charge in [0, 0.05) is 23.8 Å². The molecule has 0 saturated heterocycles. The second-order valence-corrected chi connectivity index (χ2v) is 9.21. The molecule has 10 heteroatoms. The Labute approximate surface area is 199 Å². The number of thiazole rings is 1. The lowest BCUT2D eigenvalue weighted by Crippen LogP contribution is -2.29. The number of anilines is 2. The molecule has 0 saturated carbocycles. The predicted molar refractivity (Wildman–Crippen MR) is 128 cm³/mol. The fourth-order valence-corrected chi connectivity index (χ4v) is 4.76. The van der Waals surface area contributed by atoms with E-state index < -0.39 is 6.10 Å². The number of aliphatic hydroxyl groups is 1. The zero-order chi connectivity index (χ0) is 23.0. The number of benzene rings is 1. The lowest BCUT2D eigenvalue weighted by atomic mass is 10.1. The van der Waals surface area contributed by atoms with Crippen molar-refractivity contribution in [3.8, 4) is 5.75 Å². The van der Waals surface area contributed by atoms with Crippen LogP contribution in [-0.2, 0) is 0 Å². The lowest BCUT2D eigenvalue weighted by molar-refractivity contribution is 0.0911. The van der Waals surface area contributed by atoms with Crippen molar-refractivity contribution in [3.63, 3.8) is 0 Å². The molecule has 3 aromatic heterocycles. The van der Waals surface area contributed by atoms with Gasteiger partial charge < -0.3 is 20.5 Å². The number of aromatic nitrogens is 3. The van der Waals surface area contributed by atoms with Gasteiger partial charge in [-0.05, 0) is 42.0 Å². The average molecular weight is 480 g/mol. The van der Waals surface area contributed by atoms with Crippen LogP contribution in [-0.4, -0.2) is 39.6 Å². The molecular formula is C23H21N5O3S2. The zero-order valence-corrected chi connectivity index (χ0v) is 19.3. The first-order valence-corrected chi connectivity index (χ1v) is 11.6. The summed E-state index contributed by atoms with van der Waals surface area (Å²) in [5, 5.41) is 17.0.